The van der Waals surface area contributed by atoms with Crippen LogP contribution in [-0.2, 0) is 0 Å². The van der Waals surface area contributed by atoms with Crippen LogP contribution in [-0.4, -0.2) is 22.9 Å². The quantitative estimate of drug-likeness (QED) is 0.820. The molecule has 0 radical (unpaired) electrons. The zero-order valence-electron chi connectivity index (χ0n) is 9.13. The Morgan fingerprint density at radius 3 is 2.69 bits per heavy atom. The molecule has 1 saturated heterocycles. The summed E-state index contributed by atoms with van der Waals surface area (Å²) in [5.41, 5.74) is 1.59. The van der Waals surface area contributed by atoms with Crippen molar-refractivity contribution in [2.75, 3.05) is 11.5 Å². The van der Waals surface area contributed by atoms with Crippen molar-refractivity contribution in [1.29, 1.82) is 0 Å². The second kappa shape index (κ2) is 5.51. The standard InChI is InChI=1S/C13H16O2S/c14-8-10-3-5-11(6-4-10)13(15)12-2-1-7-16-9-12/h3-6,8,12-13,15H,1-2,7,9H2. The molecule has 0 amide bonds. The van der Waals surface area contributed by atoms with Crippen LogP contribution >= 0.6 is 11.8 Å². The van der Waals surface area contributed by atoms with Crippen LogP contribution in [0.15, 0.2) is 24.3 Å². The average Bonchev–Trinajstić information content (AvgIpc) is 2.39. The van der Waals surface area contributed by atoms with E-state index in [0.29, 0.717) is 11.5 Å². The molecular weight excluding hydrogens is 220 g/mol. The van der Waals surface area contributed by atoms with E-state index in [9.17, 15) is 9.90 Å². The molecule has 2 unspecified atom stereocenters. The smallest absolute Gasteiger partial charge is 0.150 e. The molecule has 1 aliphatic rings. The minimum absolute atomic E-state index is 0.362. The summed E-state index contributed by atoms with van der Waals surface area (Å²) in [6.07, 6.45) is 2.74. The Hall–Kier alpha value is -0.800. The molecule has 1 aliphatic heterocycles. The molecule has 0 spiro atoms. The molecule has 3 heteroatoms. The van der Waals surface area contributed by atoms with Crippen molar-refractivity contribution < 1.29 is 9.90 Å². The SMILES string of the molecule is O=Cc1ccc(C(O)C2CCCSC2)cc1. The summed E-state index contributed by atoms with van der Waals surface area (Å²) in [7, 11) is 0. The van der Waals surface area contributed by atoms with Gasteiger partial charge in [0.25, 0.3) is 0 Å². The topological polar surface area (TPSA) is 37.3 Å². The number of benzene rings is 1. The maximum absolute atomic E-state index is 10.5. The molecule has 2 nitrogen and oxygen atoms in total. The molecule has 0 aromatic heterocycles. The van der Waals surface area contributed by atoms with Crippen molar-refractivity contribution in [2.24, 2.45) is 5.92 Å². The summed E-state index contributed by atoms with van der Waals surface area (Å²) in [5.74, 6) is 2.62. The molecule has 0 aliphatic carbocycles. The van der Waals surface area contributed by atoms with Crippen molar-refractivity contribution in [2.45, 2.75) is 18.9 Å². The fourth-order valence-corrected chi connectivity index (χ4v) is 3.25. The van der Waals surface area contributed by atoms with Crippen LogP contribution in [0.2, 0.25) is 0 Å². The van der Waals surface area contributed by atoms with Gasteiger partial charge in [-0.25, -0.2) is 0 Å². The van der Waals surface area contributed by atoms with Gasteiger partial charge in [-0.1, -0.05) is 24.3 Å². The molecule has 1 heterocycles. The molecule has 0 bridgehead atoms. The third kappa shape index (κ3) is 2.66. The van der Waals surface area contributed by atoms with Crippen molar-refractivity contribution in [1.82, 2.24) is 0 Å². The molecule has 16 heavy (non-hydrogen) atoms. The number of aliphatic hydroxyl groups excluding tert-OH is 1. The molecule has 86 valence electrons. The summed E-state index contributed by atoms with van der Waals surface area (Å²) in [6, 6.07) is 7.24. The van der Waals surface area contributed by atoms with Crippen LogP contribution in [0.1, 0.15) is 34.9 Å². The normalized spacial score (nSPS) is 22.7. The summed E-state index contributed by atoms with van der Waals surface area (Å²) >= 11 is 1.92. The highest BCUT2D eigenvalue weighted by Crippen LogP contribution is 2.32. The van der Waals surface area contributed by atoms with Gasteiger partial charge < -0.3 is 5.11 Å². The van der Waals surface area contributed by atoms with Crippen molar-refractivity contribution >= 4 is 18.0 Å². The number of aldehydes is 1. The molecule has 0 saturated carbocycles. The molecule has 1 N–H and O–H groups in total. The first-order valence-corrected chi connectivity index (χ1v) is 6.77. The van der Waals surface area contributed by atoms with Crippen molar-refractivity contribution in [3.8, 4) is 0 Å². The lowest BCUT2D eigenvalue weighted by Gasteiger charge is -2.26. The highest BCUT2D eigenvalue weighted by Gasteiger charge is 2.23. The highest BCUT2D eigenvalue weighted by atomic mass is 32.2. The van der Waals surface area contributed by atoms with E-state index in [2.05, 4.69) is 0 Å². The van der Waals surface area contributed by atoms with Gasteiger partial charge in [0.05, 0.1) is 6.10 Å². The van der Waals surface area contributed by atoms with Crippen LogP contribution in [0, 0.1) is 5.92 Å². The van der Waals surface area contributed by atoms with Gasteiger partial charge in [-0.2, -0.15) is 11.8 Å². The molecule has 1 aromatic carbocycles. The second-order valence-electron chi connectivity index (χ2n) is 4.21. The third-order valence-electron chi connectivity index (χ3n) is 3.06. The molecular formula is C13H16O2S. The zero-order chi connectivity index (χ0) is 11.4. The van der Waals surface area contributed by atoms with Gasteiger partial charge in [0.15, 0.2) is 0 Å². The number of rotatable bonds is 3. The molecule has 2 rings (SSSR count). The predicted octanol–water partition coefficient (Wildman–Crippen LogP) is 2.68. The fraction of sp³-hybridized carbons (Fsp3) is 0.462. The maximum atomic E-state index is 10.5. The Balaban J connectivity index is 2.06. The third-order valence-corrected chi connectivity index (χ3v) is 4.30. The highest BCUT2D eigenvalue weighted by molar-refractivity contribution is 7.99. The number of hydrogen-bond donors (Lipinski definition) is 1. The van der Waals surface area contributed by atoms with Crippen LogP contribution in [0.25, 0.3) is 0 Å². The summed E-state index contributed by atoms with van der Waals surface area (Å²) in [4.78, 5) is 10.5. The number of hydrogen-bond acceptors (Lipinski definition) is 3. The number of carbonyl (C=O) groups is 1. The Labute approximate surface area is 100 Å². The first-order valence-electron chi connectivity index (χ1n) is 5.62. The van der Waals surface area contributed by atoms with Crippen LogP contribution < -0.4 is 0 Å². The Bertz CT molecular complexity index is 341. The van der Waals surface area contributed by atoms with E-state index in [1.165, 1.54) is 12.2 Å². The number of thioether (sulfide) groups is 1. The van der Waals surface area contributed by atoms with E-state index in [4.69, 9.17) is 0 Å². The van der Waals surface area contributed by atoms with E-state index in [1.807, 2.05) is 23.9 Å². The van der Waals surface area contributed by atoms with E-state index < -0.39 is 0 Å². The van der Waals surface area contributed by atoms with Gasteiger partial charge in [-0.15, -0.1) is 0 Å². The largest absolute Gasteiger partial charge is 0.388 e. The lowest BCUT2D eigenvalue weighted by molar-refractivity contribution is 0.111. The lowest BCUT2D eigenvalue weighted by Crippen LogP contribution is -2.19. The Morgan fingerprint density at radius 1 is 1.38 bits per heavy atom. The number of aliphatic hydroxyl groups is 1. The zero-order valence-corrected chi connectivity index (χ0v) is 9.95. The molecule has 1 aromatic rings. The van der Waals surface area contributed by atoms with Crippen molar-refractivity contribution in [3.05, 3.63) is 35.4 Å². The van der Waals surface area contributed by atoms with Crippen molar-refractivity contribution in [3.63, 3.8) is 0 Å². The van der Waals surface area contributed by atoms with Gasteiger partial charge in [0.2, 0.25) is 0 Å². The van der Waals surface area contributed by atoms with E-state index >= 15 is 0 Å². The summed E-state index contributed by atoms with van der Waals surface area (Å²) < 4.78 is 0. The van der Waals surface area contributed by atoms with E-state index in [-0.39, 0.29) is 6.10 Å². The predicted molar refractivity (Wildman–Crippen MR) is 66.8 cm³/mol. The first kappa shape index (κ1) is 11.7. The summed E-state index contributed by atoms with van der Waals surface area (Å²) in [6.45, 7) is 0. The molecule has 1 fully saturated rings. The van der Waals surface area contributed by atoms with Crippen LogP contribution in [0.3, 0.4) is 0 Å². The average molecular weight is 236 g/mol. The van der Waals surface area contributed by atoms with Crippen LogP contribution in [0.5, 0.6) is 0 Å². The minimum Gasteiger partial charge on any atom is -0.388 e. The monoisotopic (exact) mass is 236 g/mol. The number of carbonyl (C=O) groups excluding carboxylic acids is 1. The van der Waals surface area contributed by atoms with Gasteiger partial charge in [-0.3, -0.25) is 4.79 Å². The van der Waals surface area contributed by atoms with Gasteiger partial charge in [0.1, 0.15) is 6.29 Å². The Morgan fingerprint density at radius 2 is 2.12 bits per heavy atom. The van der Waals surface area contributed by atoms with Gasteiger partial charge >= 0.3 is 0 Å². The Kier molecular flexibility index (Phi) is 4.02. The van der Waals surface area contributed by atoms with Gasteiger partial charge in [-0.05, 0) is 35.8 Å². The fourth-order valence-electron chi connectivity index (χ4n) is 2.06. The lowest BCUT2D eigenvalue weighted by atomic mass is 9.93. The van der Waals surface area contributed by atoms with Crippen LogP contribution in [0.4, 0.5) is 0 Å². The minimum atomic E-state index is -0.381. The van der Waals surface area contributed by atoms with Gasteiger partial charge in [0, 0.05) is 5.56 Å². The molecule has 2 atom stereocenters. The van der Waals surface area contributed by atoms with E-state index in [0.717, 1.165) is 24.0 Å². The summed E-state index contributed by atoms with van der Waals surface area (Å²) in [5, 5.41) is 10.2. The second-order valence-corrected chi connectivity index (χ2v) is 5.36. The first-order chi connectivity index (χ1) is 7.81. The van der Waals surface area contributed by atoms with E-state index in [1.54, 1.807) is 12.1 Å². The maximum Gasteiger partial charge on any atom is 0.150 e.